The van der Waals surface area contributed by atoms with E-state index in [4.69, 9.17) is 25.2 Å². The van der Waals surface area contributed by atoms with Gasteiger partial charge >= 0.3 is 45.5 Å². The van der Waals surface area contributed by atoms with Gasteiger partial charge in [0.1, 0.15) is 0 Å². The zero-order valence-electron chi connectivity index (χ0n) is 4.41. The van der Waals surface area contributed by atoms with Gasteiger partial charge in [-0.25, -0.2) is 0 Å². The third-order valence-corrected chi connectivity index (χ3v) is 0. The second-order valence-corrected chi connectivity index (χ2v) is 1.96. The van der Waals surface area contributed by atoms with Gasteiger partial charge in [0.25, 0.3) is 0 Å². The SMILES string of the molecule is O.[O-][Br+2]([O-])[O-].[O-][Br+2]([O-])[O-].[Sr+2]. The molecule has 10 heteroatoms. The Morgan fingerprint density at radius 3 is 0.600 bits per heavy atom. The quantitative estimate of drug-likeness (QED) is 0.388. The third kappa shape index (κ3) is 183. The van der Waals surface area contributed by atoms with E-state index in [0.717, 1.165) is 0 Å². The van der Waals surface area contributed by atoms with Crippen molar-refractivity contribution in [2.75, 3.05) is 0 Å². The summed E-state index contributed by atoms with van der Waals surface area (Å²) in [6.07, 6.45) is 0. The van der Waals surface area contributed by atoms with Gasteiger partial charge in [0, 0.05) is 0 Å². The molecule has 0 aromatic rings. The Morgan fingerprint density at radius 2 is 0.600 bits per heavy atom. The second-order valence-electron chi connectivity index (χ2n) is 0.378. The molecule has 0 spiro atoms. The fourth-order valence-corrected chi connectivity index (χ4v) is 0. The molecule has 10 heavy (non-hydrogen) atoms. The summed E-state index contributed by atoms with van der Waals surface area (Å²) >= 11 is -7.29. The first-order valence-electron chi connectivity index (χ1n) is 0.926. The Hall–Kier alpha value is 2.16. The Morgan fingerprint density at radius 1 is 0.600 bits per heavy atom. The third-order valence-electron chi connectivity index (χ3n) is 0. The Kier molecular flexibility index (Phi) is 39.4. The summed E-state index contributed by atoms with van der Waals surface area (Å²) in [6.45, 7) is 0. The van der Waals surface area contributed by atoms with Crippen molar-refractivity contribution < 1.29 is 60.3 Å². The van der Waals surface area contributed by atoms with Crippen molar-refractivity contribution in [2.24, 2.45) is 0 Å². The summed E-state index contributed by atoms with van der Waals surface area (Å²) in [6, 6.07) is 0. The molecule has 0 heterocycles. The summed E-state index contributed by atoms with van der Waals surface area (Å²) in [5, 5.41) is 0. The fourth-order valence-electron chi connectivity index (χ4n) is 0. The Balaban J connectivity index is -0.0000000300. The van der Waals surface area contributed by atoms with Crippen LogP contribution in [-0.2, 0) is 0 Å². The summed E-state index contributed by atoms with van der Waals surface area (Å²) in [5.74, 6) is 0. The number of hydrogen-bond acceptors (Lipinski definition) is 6. The van der Waals surface area contributed by atoms with Gasteiger partial charge < -0.3 is 30.7 Å². The first-order valence-corrected chi connectivity index (χ1v) is 4.81. The summed E-state index contributed by atoms with van der Waals surface area (Å²) < 4.78 is 51.1. The topological polar surface area (TPSA) is 170 Å². The van der Waals surface area contributed by atoms with Gasteiger partial charge in [-0.1, -0.05) is 0 Å². The Bertz CT molecular complexity index is 27.1. The van der Waals surface area contributed by atoms with Crippen molar-refractivity contribution in [3.63, 3.8) is 0 Å². The molecule has 0 rings (SSSR count). The fraction of sp³-hybridized carbons (Fsp3) is 0. The van der Waals surface area contributed by atoms with E-state index in [0.29, 0.717) is 0 Å². The van der Waals surface area contributed by atoms with E-state index >= 15 is 0 Å². The molecule has 0 aromatic heterocycles. The van der Waals surface area contributed by atoms with Gasteiger partial charge in [-0.3, -0.25) is 0 Å². The van der Waals surface area contributed by atoms with Gasteiger partial charge in [0.15, 0.2) is 0 Å². The van der Waals surface area contributed by atoms with Crippen LogP contribution in [0.5, 0.6) is 0 Å². The molecule has 0 saturated carbocycles. The van der Waals surface area contributed by atoms with E-state index in [-0.39, 0.29) is 51.0 Å². The number of halogens is 2. The van der Waals surface area contributed by atoms with Crippen LogP contribution >= 0.6 is 0 Å². The minimum absolute atomic E-state index is 0. The van der Waals surface area contributed by atoms with E-state index in [1.807, 2.05) is 0 Å². The van der Waals surface area contributed by atoms with Crippen LogP contribution in [0.15, 0.2) is 0 Å². The van der Waals surface area contributed by atoms with Gasteiger partial charge in [0.05, 0.1) is 0 Å². The molecule has 7 nitrogen and oxygen atoms in total. The van der Waals surface area contributed by atoms with Crippen LogP contribution in [0, 0.1) is 29.6 Å². The molecule has 0 unspecified atom stereocenters. The van der Waals surface area contributed by atoms with Crippen molar-refractivity contribution in [1.82, 2.24) is 0 Å². The summed E-state index contributed by atoms with van der Waals surface area (Å²) in [5.41, 5.74) is 0. The first kappa shape index (κ1) is 22.7. The predicted molar refractivity (Wildman–Crippen MR) is 9.37 cm³/mol. The van der Waals surface area contributed by atoms with Crippen LogP contribution in [0.2, 0.25) is 0 Å². The zero-order chi connectivity index (χ0) is 7.15. The first-order chi connectivity index (χ1) is 3.46. The molecule has 2 N–H and O–H groups in total. The van der Waals surface area contributed by atoms with Crippen molar-refractivity contribution in [3.05, 3.63) is 0 Å². The van der Waals surface area contributed by atoms with E-state index in [9.17, 15) is 0 Å². The monoisotopic (exact) mass is 360 g/mol. The Labute approximate surface area is 104 Å². The van der Waals surface area contributed by atoms with Crippen LogP contribution in [0.1, 0.15) is 0 Å². The summed E-state index contributed by atoms with van der Waals surface area (Å²) in [4.78, 5) is 0. The van der Waals surface area contributed by atoms with Crippen LogP contribution < -0.4 is 25.2 Å². The predicted octanol–water partition coefficient (Wildman–Crippen LogP) is -8.34. The van der Waals surface area contributed by atoms with Gasteiger partial charge in [0.2, 0.25) is 29.6 Å². The molecule has 0 atom stereocenters. The average Bonchev–Trinajstić information content (AvgIpc) is 1.25. The molecule has 60 valence electrons. The van der Waals surface area contributed by atoms with Crippen LogP contribution in [0.4, 0.5) is 0 Å². The summed E-state index contributed by atoms with van der Waals surface area (Å²) in [7, 11) is 0. The minimum Gasteiger partial charge on any atom is -0.412 e. The maximum atomic E-state index is 8.52. The molecule has 0 aromatic carbocycles. The number of rotatable bonds is 0. The van der Waals surface area contributed by atoms with Gasteiger partial charge in [-0.05, 0) is 0 Å². The van der Waals surface area contributed by atoms with Crippen molar-refractivity contribution >= 4 is 45.5 Å². The molecule has 0 aliphatic carbocycles. The zero-order valence-corrected chi connectivity index (χ0v) is 11.1. The second kappa shape index (κ2) is 17.3. The molecule has 0 radical (unpaired) electrons. The molecule has 0 fully saturated rings. The van der Waals surface area contributed by atoms with E-state index in [1.165, 1.54) is 0 Å². The van der Waals surface area contributed by atoms with Crippen molar-refractivity contribution in [2.45, 2.75) is 0 Å². The van der Waals surface area contributed by atoms with Crippen molar-refractivity contribution in [3.8, 4) is 0 Å². The average molecular weight is 361 g/mol. The van der Waals surface area contributed by atoms with Crippen LogP contribution in [-0.4, -0.2) is 51.0 Å². The maximum Gasteiger partial charge on any atom is 2.00 e. The maximum absolute atomic E-state index is 8.52. The standard InChI is InChI=1S/2BrO3.H2O.Sr/c2*2-1(3)4;;/h;;1H2;/q2*-1;;+2. The van der Waals surface area contributed by atoms with Crippen molar-refractivity contribution in [1.29, 1.82) is 0 Å². The molecule has 0 aliphatic heterocycles. The van der Waals surface area contributed by atoms with Crippen LogP contribution in [0.25, 0.3) is 0 Å². The molecule has 0 amide bonds. The molecule has 0 bridgehead atoms. The normalized spacial score (nSPS) is 7.20. The van der Waals surface area contributed by atoms with E-state index in [2.05, 4.69) is 0 Å². The largest absolute Gasteiger partial charge is 2.00 e. The van der Waals surface area contributed by atoms with E-state index < -0.39 is 29.6 Å². The smallest absolute Gasteiger partial charge is 0.412 e. The molecule has 0 saturated heterocycles. The van der Waals surface area contributed by atoms with E-state index in [1.54, 1.807) is 0 Å². The minimum atomic E-state index is -3.65. The molecule has 0 aliphatic rings. The number of hydrogen-bond donors (Lipinski definition) is 0. The van der Waals surface area contributed by atoms with Crippen LogP contribution in [0.3, 0.4) is 0 Å². The molecular weight excluding hydrogens is 359 g/mol. The van der Waals surface area contributed by atoms with Gasteiger partial charge in [-0.15, -0.1) is 0 Å². The van der Waals surface area contributed by atoms with Gasteiger partial charge in [-0.2, -0.15) is 0 Å². The molecular formula is H2Br2O7Sr.